The Hall–Kier alpha value is -2.20. The third kappa shape index (κ3) is 5.83. The van der Waals surface area contributed by atoms with Crippen molar-refractivity contribution < 1.29 is 4.79 Å². The molecule has 0 bridgehead atoms. The largest absolute Gasteiger partial charge is 0.355 e. The Balaban J connectivity index is 0.000000182. The summed E-state index contributed by atoms with van der Waals surface area (Å²) in [5, 5.41) is 6.32. The number of carbonyl (C=O) groups excluding carboxylic acids is 1. The topological polar surface area (TPSA) is 42.0 Å². The molecule has 4 heteroatoms. The number of nitrogens with zero attached hydrogens (tertiary/aromatic N) is 1. The Bertz CT molecular complexity index is 692. The summed E-state index contributed by atoms with van der Waals surface area (Å²) in [4.78, 5) is 15.4. The molecule has 0 aliphatic heterocycles. The van der Waals surface area contributed by atoms with Crippen molar-refractivity contribution in [1.29, 1.82) is 0 Å². The van der Waals surface area contributed by atoms with Crippen LogP contribution in [0, 0.1) is 5.92 Å². The van der Waals surface area contributed by atoms with Gasteiger partial charge in [0.1, 0.15) is 0 Å². The average Bonchev–Trinajstić information content (AvgIpc) is 3.05. The van der Waals surface area contributed by atoms with Crippen molar-refractivity contribution in [3.63, 3.8) is 0 Å². The fourth-order valence-corrected chi connectivity index (χ4v) is 2.76. The maximum absolute atomic E-state index is 11.2. The number of aromatic nitrogens is 1. The fourth-order valence-electron chi connectivity index (χ4n) is 1.97. The number of hydrogen-bond acceptors (Lipinski definition) is 3. The lowest BCUT2D eigenvalue weighted by atomic mass is 10.2. The van der Waals surface area contributed by atoms with E-state index in [4.69, 9.17) is 0 Å². The Morgan fingerprint density at radius 2 is 1.91 bits per heavy atom. The normalized spacial score (nSPS) is 10.2. The highest BCUT2D eigenvalue weighted by molar-refractivity contribution is 7.17. The highest BCUT2D eigenvalue weighted by atomic mass is 32.1. The highest BCUT2D eigenvalue weighted by Gasteiger charge is 2.04. The number of thiophene rings is 1. The zero-order valence-corrected chi connectivity index (χ0v) is 14.3. The van der Waals surface area contributed by atoms with E-state index in [-0.39, 0.29) is 11.8 Å². The summed E-state index contributed by atoms with van der Waals surface area (Å²) in [6.45, 7) is 4.43. The lowest BCUT2D eigenvalue weighted by Crippen LogP contribution is -2.29. The second-order valence-electron chi connectivity index (χ2n) is 5.48. The average molecular weight is 326 g/mol. The number of amides is 1. The van der Waals surface area contributed by atoms with E-state index in [0.717, 1.165) is 12.1 Å². The van der Waals surface area contributed by atoms with Crippen LogP contribution in [0.15, 0.2) is 60.1 Å². The third-order valence-electron chi connectivity index (χ3n) is 3.29. The van der Waals surface area contributed by atoms with Gasteiger partial charge < -0.3 is 5.32 Å². The molecular formula is C19H22N2OS. The van der Waals surface area contributed by atoms with Crippen molar-refractivity contribution in [1.82, 2.24) is 10.3 Å². The third-order valence-corrected chi connectivity index (χ3v) is 4.19. The first kappa shape index (κ1) is 17.2. The van der Waals surface area contributed by atoms with Crippen molar-refractivity contribution in [3.05, 3.63) is 65.8 Å². The molecule has 1 aromatic carbocycles. The molecule has 1 N–H and O–H groups in total. The zero-order chi connectivity index (χ0) is 16.5. The molecule has 120 valence electrons. The van der Waals surface area contributed by atoms with E-state index in [2.05, 4.69) is 46.0 Å². The predicted octanol–water partition coefficient (Wildman–Crippen LogP) is 4.30. The van der Waals surface area contributed by atoms with E-state index in [1.165, 1.54) is 10.1 Å². The Kier molecular flexibility index (Phi) is 6.76. The first-order valence-electron chi connectivity index (χ1n) is 7.76. The lowest BCUT2D eigenvalue weighted by molar-refractivity contribution is -0.123. The van der Waals surface area contributed by atoms with E-state index in [1.807, 2.05) is 32.0 Å². The molecule has 23 heavy (non-hydrogen) atoms. The van der Waals surface area contributed by atoms with Gasteiger partial charge in [-0.1, -0.05) is 38.1 Å². The van der Waals surface area contributed by atoms with Gasteiger partial charge in [-0.15, -0.1) is 11.3 Å². The maximum atomic E-state index is 11.2. The minimum absolute atomic E-state index is 0.0544. The molecule has 0 radical (unpaired) electrons. The van der Waals surface area contributed by atoms with Crippen LogP contribution >= 0.6 is 11.3 Å². The van der Waals surface area contributed by atoms with E-state index < -0.39 is 0 Å². The number of fused-ring (bicyclic) bond motifs is 1. The summed E-state index contributed by atoms with van der Waals surface area (Å²) in [7, 11) is 0. The van der Waals surface area contributed by atoms with Crippen LogP contribution in [0.4, 0.5) is 0 Å². The molecule has 0 saturated carbocycles. The van der Waals surface area contributed by atoms with Crippen LogP contribution in [0.1, 0.15) is 19.5 Å². The first-order valence-corrected chi connectivity index (χ1v) is 8.64. The van der Waals surface area contributed by atoms with Crippen molar-refractivity contribution >= 4 is 27.3 Å². The van der Waals surface area contributed by atoms with Gasteiger partial charge in [0.25, 0.3) is 0 Å². The summed E-state index contributed by atoms with van der Waals surface area (Å²) in [6, 6.07) is 16.3. The van der Waals surface area contributed by atoms with Crippen LogP contribution in [-0.2, 0) is 11.2 Å². The number of benzene rings is 1. The molecule has 2 aromatic heterocycles. The van der Waals surface area contributed by atoms with Crippen molar-refractivity contribution in [2.24, 2.45) is 5.92 Å². The standard InChI is InChI=1S/C11H16N2O.C8H6S/c1-9(2)11(14)13-8-6-10-5-3-4-7-12-10;1-2-4-8-7(3-1)5-6-9-8/h3-5,7,9H,6,8H2,1-2H3,(H,13,14);1-6H. The molecule has 0 spiro atoms. The summed E-state index contributed by atoms with van der Waals surface area (Å²) in [5.74, 6) is 0.152. The molecule has 0 saturated heterocycles. The van der Waals surface area contributed by atoms with E-state index in [0.29, 0.717) is 6.54 Å². The van der Waals surface area contributed by atoms with Gasteiger partial charge in [-0.25, -0.2) is 0 Å². The van der Waals surface area contributed by atoms with Gasteiger partial charge >= 0.3 is 0 Å². The highest BCUT2D eigenvalue weighted by Crippen LogP contribution is 2.18. The SMILES string of the molecule is CC(C)C(=O)NCCc1ccccn1.c1ccc2sccc2c1. The van der Waals surface area contributed by atoms with Crippen LogP contribution in [0.3, 0.4) is 0 Å². The van der Waals surface area contributed by atoms with Crippen LogP contribution in [0.2, 0.25) is 0 Å². The van der Waals surface area contributed by atoms with Gasteiger partial charge in [0, 0.05) is 35.5 Å². The number of carbonyl (C=O) groups is 1. The van der Waals surface area contributed by atoms with Gasteiger partial charge in [-0.05, 0) is 35.0 Å². The van der Waals surface area contributed by atoms with Gasteiger partial charge in [0.2, 0.25) is 5.91 Å². The van der Waals surface area contributed by atoms with E-state index >= 15 is 0 Å². The second-order valence-corrected chi connectivity index (χ2v) is 6.42. The first-order chi connectivity index (χ1) is 11.2. The minimum atomic E-state index is 0.0544. The van der Waals surface area contributed by atoms with E-state index in [1.54, 1.807) is 17.5 Å². The Labute approximate surface area is 141 Å². The molecule has 0 aliphatic carbocycles. The Morgan fingerprint density at radius 3 is 2.61 bits per heavy atom. The predicted molar refractivity (Wildman–Crippen MR) is 97.6 cm³/mol. The molecule has 0 unspecified atom stereocenters. The second kappa shape index (κ2) is 9.06. The smallest absolute Gasteiger partial charge is 0.222 e. The van der Waals surface area contributed by atoms with Gasteiger partial charge in [0.15, 0.2) is 0 Å². The Morgan fingerprint density at radius 1 is 1.13 bits per heavy atom. The molecule has 3 aromatic rings. The van der Waals surface area contributed by atoms with Gasteiger partial charge in [0.05, 0.1) is 0 Å². The molecule has 0 atom stereocenters. The number of hydrogen-bond donors (Lipinski definition) is 1. The van der Waals surface area contributed by atoms with Crippen LogP contribution < -0.4 is 5.32 Å². The molecule has 3 rings (SSSR count). The maximum Gasteiger partial charge on any atom is 0.222 e. The molecule has 1 amide bonds. The zero-order valence-electron chi connectivity index (χ0n) is 13.5. The minimum Gasteiger partial charge on any atom is -0.355 e. The molecule has 0 aliphatic rings. The molecule has 2 heterocycles. The fraction of sp³-hybridized carbons (Fsp3) is 0.263. The lowest BCUT2D eigenvalue weighted by Gasteiger charge is -2.06. The van der Waals surface area contributed by atoms with Crippen LogP contribution in [0.25, 0.3) is 10.1 Å². The summed E-state index contributed by atoms with van der Waals surface area (Å²) in [5.41, 5.74) is 1.01. The number of nitrogens with one attached hydrogen (secondary N) is 1. The quantitative estimate of drug-likeness (QED) is 0.777. The van der Waals surface area contributed by atoms with Crippen LogP contribution in [0.5, 0.6) is 0 Å². The van der Waals surface area contributed by atoms with Gasteiger partial charge in [-0.2, -0.15) is 0 Å². The van der Waals surface area contributed by atoms with Crippen molar-refractivity contribution in [2.75, 3.05) is 6.54 Å². The summed E-state index contributed by atoms with van der Waals surface area (Å²) < 4.78 is 1.37. The molecule has 3 nitrogen and oxygen atoms in total. The molecule has 0 fully saturated rings. The monoisotopic (exact) mass is 326 g/mol. The molecular weight excluding hydrogens is 304 g/mol. The van der Waals surface area contributed by atoms with Crippen molar-refractivity contribution in [2.45, 2.75) is 20.3 Å². The number of pyridine rings is 1. The van der Waals surface area contributed by atoms with Crippen molar-refractivity contribution in [3.8, 4) is 0 Å². The summed E-state index contributed by atoms with van der Waals surface area (Å²) >= 11 is 1.79. The van der Waals surface area contributed by atoms with Crippen LogP contribution in [-0.4, -0.2) is 17.4 Å². The number of rotatable bonds is 4. The summed E-state index contributed by atoms with van der Waals surface area (Å²) in [6.07, 6.45) is 2.55. The van der Waals surface area contributed by atoms with E-state index in [9.17, 15) is 4.79 Å². The van der Waals surface area contributed by atoms with Gasteiger partial charge in [-0.3, -0.25) is 9.78 Å².